The van der Waals surface area contributed by atoms with Crippen molar-refractivity contribution >= 4 is 34.6 Å². The Morgan fingerprint density at radius 3 is 2.50 bits per heavy atom. The number of nitrogens with one attached hydrogen (secondary N) is 2. The second-order valence-electron chi connectivity index (χ2n) is 6.49. The summed E-state index contributed by atoms with van der Waals surface area (Å²) < 4.78 is 0. The molecule has 0 radical (unpaired) electrons. The Labute approximate surface area is 168 Å². The van der Waals surface area contributed by atoms with Crippen LogP contribution in [0.2, 0.25) is 0 Å². The van der Waals surface area contributed by atoms with E-state index in [4.69, 9.17) is 0 Å². The van der Waals surface area contributed by atoms with Crippen LogP contribution in [0.1, 0.15) is 26.6 Å². The first-order chi connectivity index (χ1) is 13.4. The highest BCUT2D eigenvalue weighted by atomic mass is 32.1. The lowest BCUT2D eigenvalue weighted by Crippen LogP contribution is -2.31. The Kier molecular flexibility index (Phi) is 6.06. The summed E-state index contributed by atoms with van der Waals surface area (Å²) in [4.78, 5) is 31.0. The second-order valence-corrected chi connectivity index (χ2v) is 7.56. The zero-order chi connectivity index (χ0) is 20.1. The van der Waals surface area contributed by atoms with Crippen molar-refractivity contribution in [3.63, 3.8) is 0 Å². The standard InChI is InChI=1S/C21H22N4O2S/c1-14-9-10-16(20(26)23-17-7-5-4-6-8-17)11-19(14)24-21(27)25(3)12-18-13-28-15(2)22-18/h4-11,13H,12H2,1-3H3,(H,23,26)(H,24,27). The number of aryl methyl sites for hydroxylation is 2. The molecule has 0 bridgehead atoms. The third kappa shape index (κ3) is 4.95. The van der Waals surface area contributed by atoms with Gasteiger partial charge in [0, 0.05) is 29.4 Å². The zero-order valence-corrected chi connectivity index (χ0v) is 16.8. The van der Waals surface area contributed by atoms with Crippen molar-refractivity contribution in [2.75, 3.05) is 17.7 Å². The van der Waals surface area contributed by atoms with Crippen LogP contribution in [0.4, 0.5) is 16.2 Å². The van der Waals surface area contributed by atoms with E-state index in [0.717, 1.165) is 22.0 Å². The Bertz CT molecular complexity index is 985. The molecule has 28 heavy (non-hydrogen) atoms. The maximum Gasteiger partial charge on any atom is 0.321 e. The number of benzene rings is 2. The van der Waals surface area contributed by atoms with Gasteiger partial charge in [-0.1, -0.05) is 24.3 Å². The minimum Gasteiger partial charge on any atom is -0.322 e. The average Bonchev–Trinajstić information content (AvgIpc) is 3.08. The molecule has 3 rings (SSSR count). The lowest BCUT2D eigenvalue weighted by molar-refractivity contribution is 0.102. The van der Waals surface area contributed by atoms with Crippen LogP contribution in [-0.4, -0.2) is 28.9 Å². The van der Waals surface area contributed by atoms with Crippen molar-refractivity contribution in [2.45, 2.75) is 20.4 Å². The quantitative estimate of drug-likeness (QED) is 0.660. The minimum absolute atomic E-state index is 0.229. The van der Waals surface area contributed by atoms with Crippen LogP contribution in [0, 0.1) is 13.8 Å². The molecule has 0 aliphatic carbocycles. The first-order valence-electron chi connectivity index (χ1n) is 8.82. The number of carbonyl (C=O) groups excluding carboxylic acids is 2. The predicted molar refractivity (Wildman–Crippen MR) is 113 cm³/mol. The topological polar surface area (TPSA) is 74.3 Å². The maximum atomic E-state index is 12.5. The van der Waals surface area contributed by atoms with Crippen molar-refractivity contribution in [2.24, 2.45) is 0 Å². The summed E-state index contributed by atoms with van der Waals surface area (Å²) in [6.45, 7) is 4.24. The molecule has 0 spiro atoms. The van der Waals surface area contributed by atoms with E-state index >= 15 is 0 Å². The first-order valence-corrected chi connectivity index (χ1v) is 9.70. The van der Waals surface area contributed by atoms with Crippen LogP contribution >= 0.6 is 11.3 Å². The summed E-state index contributed by atoms with van der Waals surface area (Å²) in [6.07, 6.45) is 0. The van der Waals surface area contributed by atoms with E-state index in [9.17, 15) is 9.59 Å². The number of carbonyl (C=O) groups is 2. The fourth-order valence-electron chi connectivity index (χ4n) is 2.63. The highest BCUT2D eigenvalue weighted by Gasteiger charge is 2.14. The molecular weight excluding hydrogens is 372 g/mol. The molecule has 1 heterocycles. The molecule has 0 aliphatic heterocycles. The van der Waals surface area contributed by atoms with E-state index < -0.39 is 0 Å². The fraction of sp³-hybridized carbons (Fsp3) is 0.190. The highest BCUT2D eigenvalue weighted by Crippen LogP contribution is 2.19. The monoisotopic (exact) mass is 394 g/mol. The summed E-state index contributed by atoms with van der Waals surface area (Å²) in [7, 11) is 1.71. The van der Waals surface area contributed by atoms with Crippen molar-refractivity contribution in [3.05, 3.63) is 75.7 Å². The van der Waals surface area contributed by atoms with Gasteiger partial charge in [-0.25, -0.2) is 9.78 Å². The van der Waals surface area contributed by atoms with Crippen LogP contribution < -0.4 is 10.6 Å². The average molecular weight is 395 g/mol. The molecule has 0 aliphatic rings. The molecule has 0 unspecified atom stereocenters. The Morgan fingerprint density at radius 2 is 1.82 bits per heavy atom. The van der Waals surface area contributed by atoms with Crippen molar-refractivity contribution in [3.8, 4) is 0 Å². The largest absolute Gasteiger partial charge is 0.322 e. The summed E-state index contributed by atoms with van der Waals surface area (Å²) in [6, 6.07) is 14.2. The third-order valence-electron chi connectivity index (χ3n) is 4.19. The van der Waals surface area contributed by atoms with Crippen molar-refractivity contribution < 1.29 is 9.59 Å². The second kappa shape index (κ2) is 8.67. The van der Waals surface area contributed by atoms with Gasteiger partial charge in [0.05, 0.1) is 17.2 Å². The van der Waals surface area contributed by atoms with Gasteiger partial charge in [0.2, 0.25) is 0 Å². The molecule has 3 aromatic rings. The van der Waals surface area contributed by atoms with E-state index in [-0.39, 0.29) is 11.9 Å². The molecule has 0 atom stereocenters. The maximum absolute atomic E-state index is 12.5. The van der Waals surface area contributed by atoms with Gasteiger partial charge in [-0.2, -0.15) is 0 Å². The smallest absolute Gasteiger partial charge is 0.321 e. The highest BCUT2D eigenvalue weighted by molar-refractivity contribution is 7.09. The van der Waals surface area contributed by atoms with Gasteiger partial charge >= 0.3 is 6.03 Å². The van der Waals surface area contributed by atoms with E-state index in [1.54, 1.807) is 35.4 Å². The summed E-state index contributed by atoms with van der Waals surface area (Å²) in [5.74, 6) is -0.229. The number of rotatable bonds is 5. The Balaban J connectivity index is 1.68. The number of urea groups is 1. The van der Waals surface area contributed by atoms with Crippen LogP contribution in [-0.2, 0) is 6.54 Å². The van der Waals surface area contributed by atoms with Crippen LogP contribution in [0.5, 0.6) is 0 Å². The Morgan fingerprint density at radius 1 is 1.07 bits per heavy atom. The fourth-order valence-corrected chi connectivity index (χ4v) is 3.23. The number of nitrogens with zero attached hydrogens (tertiary/aromatic N) is 2. The molecule has 1 aromatic heterocycles. The number of hydrogen-bond acceptors (Lipinski definition) is 4. The predicted octanol–water partition coefficient (Wildman–Crippen LogP) is 4.68. The molecule has 6 nitrogen and oxygen atoms in total. The number of amides is 3. The van der Waals surface area contributed by atoms with Gasteiger partial charge in [-0.15, -0.1) is 11.3 Å². The number of thiazole rings is 1. The summed E-state index contributed by atoms with van der Waals surface area (Å²) in [5.41, 5.74) is 3.53. The SMILES string of the molecule is Cc1nc(CN(C)C(=O)Nc2cc(C(=O)Nc3ccccc3)ccc2C)cs1. The number of aromatic nitrogens is 1. The van der Waals surface area contributed by atoms with Crippen molar-refractivity contribution in [1.29, 1.82) is 0 Å². The minimum atomic E-state index is -0.255. The lowest BCUT2D eigenvalue weighted by Gasteiger charge is -2.18. The number of para-hydroxylation sites is 1. The van der Waals surface area contributed by atoms with Gasteiger partial charge in [-0.3, -0.25) is 4.79 Å². The van der Waals surface area contributed by atoms with Gasteiger partial charge in [0.15, 0.2) is 0 Å². The lowest BCUT2D eigenvalue weighted by atomic mass is 10.1. The number of hydrogen-bond donors (Lipinski definition) is 2. The Hall–Kier alpha value is -3.19. The van der Waals surface area contributed by atoms with E-state index in [2.05, 4.69) is 15.6 Å². The van der Waals surface area contributed by atoms with Crippen LogP contribution in [0.3, 0.4) is 0 Å². The van der Waals surface area contributed by atoms with Crippen molar-refractivity contribution in [1.82, 2.24) is 9.88 Å². The van der Waals surface area contributed by atoms with E-state index in [1.165, 1.54) is 0 Å². The summed E-state index contributed by atoms with van der Waals surface area (Å²) >= 11 is 1.56. The molecule has 0 saturated carbocycles. The van der Waals surface area contributed by atoms with Gasteiger partial charge in [0.1, 0.15) is 0 Å². The third-order valence-corrected chi connectivity index (χ3v) is 5.01. The molecule has 144 valence electrons. The molecule has 0 saturated heterocycles. The van der Waals surface area contributed by atoms with Crippen LogP contribution in [0.25, 0.3) is 0 Å². The normalized spacial score (nSPS) is 10.4. The zero-order valence-electron chi connectivity index (χ0n) is 16.0. The van der Waals surface area contributed by atoms with Gasteiger partial charge in [0.25, 0.3) is 5.91 Å². The number of anilines is 2. The molecular formula is C21H22N4O2S. The van der Waals surface area contributed by atoms with Gasteiger partial charge in [-0.05, 0) is 43.7 Å². The molecule has 7 heteroatoms. The van der Waals surface area contributed by atoms with E-state index in [1.807, 2.05) is 55.6 Å². The molecule has 3 amide bonds. The first kappa shape index (κ1) is 19.6. The molecule has 0 fully saturated rings. The van der Waals surface area contributed by atoms with Gasteiger partial charge < -0.3 is 15.5 Å². The van der Waals surface area contributed by atoms with Crippen LogP contribution in [0.15, 0.2) is 53.9 Å². The molecule has 2 N–H and O–H groups in total. The molecule has 2 aromatic carbocycles. The summed E-state index contributed by atoms with van der Waals surface area (Å²) in [5, 5.41) is 8.64. The van der Waals surface area contributed by atoms with E-state index in [0.29, 0.717) is 17.8 Å².